The summed E-state index contributed by atoms with van der Waals surface area (Å²) in [5.74, 6) is 1.02. The van der Waals surface area contributed by atoms with E-state index in [4.69, 9.17) is 4.74 Å². The molecule has 6 heteroatoms. The van der Waals surface area contributed by atoms with Gasteiger partial charge in [-0.25, -0.2) is 0 Å². The Labute approximate surface area is 177 Å². The first-order chi connectivity index (χ1) is 14.7. The molecule has 5 rings (SSSR count). The number of likely N-dealkylation sites (tertiary alicyclic amines) is 1. The van der Waals surface area contributed by atoms with Gasteiger partial charge in [-0.2, -0.15) is 0 Å². The van der Waals surface area contributed by atoms with E-state index in [1.807, 2.05) is 6.20 Å². The SMILES string of the molecule is Cn1cc(CN2CCC(Oc3cccc4c3ccn4C3CCCC3)CC2)ncc1=O. The molecule has 0 N–H and O–H groups in total. The van der Waals surface area contributed by atoms with Crippen molar-refractivity contribution < 1.29 is 4.74 Å². The summed E-state index contributed by atoms with van der Waals surface area (Å²) in [6.07, 6.45) is 13.0. The maximum atomic E-state index is 11.5. The Bertz CT molecular complexity index is 1070. The van der Waals surface area contributed by atoms with Gasteiger partial charge in [0, 0.05) is 50.5 Å². The third-order valence-electron chi connectivity index (χ3n) is 6.69. The predicted molar refractivity (Wildman–Crippen MR) is 118 cm³/mol. The smallest absolute Gasteiger partial charge is 0.268 e. The molecule has 3 heterocycles. The van der Waals surface area contributed by atoms with Crippen molar-refractivity contribution in [2.75, 3.05) is 13.1 Å². The fourth-order valence-electron chi connectivity index (χ4n) is 4.99. The molecule has 1 aliphatic heterocycles. The second-order valence-electron chi connectivity index (χ2n) is 8.77. The van der Waals surface area contributed by atoms with Crippen molar-refractivity contribution in [1.29, 1.82) is 0 Å². The van der Waals surface area contributed by atoms with Gasteiger partial charge in [0.2, 0.25) is 0 Å². The number of benzene rings is 1. The number of nitrogens with zero attached hydrogens (tertiary/aromatic N) is 4. The normalized spacial score (nSPS) is 19.0. The fourth-order valence-corrected chi connectivity index (χ4v) is 4.99. The van der Waals surface area contributed by atoms with E-state index in [0.717, 1.165) is 43.9 Å². The maximum absolute atomic E-state index is 11.5. The molecule has 0 atom stereocenters. The van der Waals surface area contributed by atoms with Crippen molar-refractivity contribution in [2.45, 2.75) is 57.2 Å². The first kappa shape index (κ1) is 19.4. The van der Waals surface area contributed by atoms with Crippen LogP contribution in [0.3, 0.4) is 0 Å². The van der Waals surface area contributed by atoms with Crippen molar-refractivity contribution >= 4 is 10.9 Å². The molecule has 0 unspecified atom stereocenters. The van der Waals surface area contributed by atoms with Crippen LogP contribution in [0.25, 0.3) is 10.9 Å². The minimum atomic E-state index is -0.0678. The number of aromatic nitrogens is 3. The second kappa shape index (κ2) is 8.26. The van der Waals surface area contributed by atoms with Gasteiger partial charge in [-0.3, -0.25) is 14.7 Å². The van der Waals surface area contributed by atoms with E-state index in [9.17, 15) is 4.79 Å². The minimum Gasteiger partial charge on any atom is -0.490 e. The molecule has 30 heavy (non-hydrogen) atoms. The van der Waals surface area contributed by atoms with Crippen molar-refractivity contribution in [3.05, 3.63) is 58.9 Å². The van der Waals surface area contributed by atoms with Gasteiger partial charge < -0.3 is 13.9 Å². The van der Waals surface area contributed by atoms with Crippen molar-refractivity contribution in [3.8, 4) is 5.75 Å². The summed E-state index contributed by atoms with van der Waals surface area (Å²) in [4.78, 5) is 18.2. The number of hydrogen-bond donors (Lipinski definition) is 0. The molecule has 2 aliphatic rings. The molecule has 0 amide bonds. The zero-order valence-electron chi connectivity index (χ0n) is 17.7. The van der Waals surface area contributed by atoms with Crippen LogP contribution in [0.2, 0.25) is 0 Å². The van der Waals surface area contributed by atoms with Gasteiger partial charge in [0.25, 0.3) is 5.56 Å². The quantitative estimate of drug-likeness (QED) is 0.645. The van der Waals surface area contributed by atoms with Gasteiger partial charge in [-0.1, -0.05) is 18.9 Å². The molecular formula is C24H30N4O2. The Kier molecular flexibility index (Phi) is 5.34. The van der Waals surface area contributed by atoms with Crippen molar-refractivity contribution in [3.63, 3.8) is 0 Å². The summed E-state index contributed by atoms with van der Waals surface area (Å²) >= 11 is 0. The van der Waals surface area contributed by atoms with Crippen LogP contribution in [0.15, 0.2) is 47.7 Å². The van der Waals surface area contributed by atoms with Gasteiger partial charge in [-0.05, 0) is 43.9 Å². The van der Waals surface area contributed by atoms with E-state index in [2.05, 4.69) is 44.9 Å². The van der Waals surface area contributed by atoms with Gasteiger partial charge in [0.15, 0.2) is 0 Å². The summed E-state index contributed by atoms with van der Waals surface area (Å²) in [6.45, 7) is 2.74. The van der Waals surface area contributed by atoms with Gasteiger partial charge in [0.1, 0.15) is 11.9 Å². The lowest BCUT2D eigenvalue weighted by Gasteiger charge is -2.32. The predicted octanol–water partition coefficient (Wildman–Crippen LogP) is 3.89. The average Bonchev–Trinajstić information content (AvgIpc) is 3.42. The highest BCUT2D eigenvalue weighted by molar-refractivity contribution is 5.86. The largest absolute Gasteiger partial charge is 0.490 e. The van der Waals surface area contributed by atoms with E-state index in [-0.39, 0.29) is 11.7 Å². The highest BCUT2D eigenvalue weighted by atomic mass is 16.5. The first-order valence-corrected chi connectivity index (χ1v) is 11.2. The monoisotopic (exact) mass is 406 g/mol. The van der Waals surface area contributed by atoms with E-state index in [1.165, 1.54) is 42.8 Å². The van der Waals surface area contributed by atoms with Crippen LogP contribution in [0.1, 0.15) is 50.3 Å². The molecule has 2 fully saturated rings. The van der Waals surface area contributed by atoms with Crippen LogP contribution in [0.4, 0.5) is 0 Å². The molecule has 1 aromatic carbocycles. The van der Waals surface area contributed by atoms with Gasteiger partial charge >= 0.3 is 0 Å². The molecule has 1 saturated heterocycles. The van der Waals surface area contributed by atoms with Crippen LogP contribution < -0.4 is 10.3 Å². The molecule has 6 nitrogen and oxygen atoms in total. The molecule has 0 bridgehead atoms. The minimum absolute atomic E-state index is 0.0678. The molecule has 1 aliphatic carbocycles. The van der Waals surface area contributed by atoms with Crippen molar-refractivity contribution in [2.24, 2.45) is 7.05 Å². The molecule has 2 aromatic heterocycles. The Balaban J connectivity index is 1.22. The highest BCUT2D eigenvalue weighted by Crippen LogP contribution is 2.36. The Morgan fingerprint density at radius 1 is 1.10 bits per heavy atom. The molecule has 0 spiro atoms. The zero-order chi connectivity index (χ0) is 20.5. The summed E-state index contributed by atoms with van der Waals surface area (Å²) in [6, 6.07) is 9.34. The van der Waals surface area contributed by atoms with Crippen LogP contribution >= 0.6 is 0 Å². The zero-order valence-corrected chi connectivity index (χ0v) is 17.7. The third kappa shape index (κ3) is 3.88. The summed E-state index contributed by atoms with van der Waals surface area (Å²) in [5.41, 5.74) is 2.17. The van der Waals surface area contributed by atoms with E-state index in [0.29, 0.717) is 6.04 Å². The number of hydrogen-bond acceptors (Lipinski definition) is 4. The third-order valence-corrected chi connectivity index (χ3v) is 6.69. The maximum Gasteiger partial charge on any atom is 0.268 e. The number of ether oxygens (including phenoxy) is 1. The number of rotatable bonds is 5. The molecule has 3 aromatic rings. The highest BCUT2D eigenvalue weighted by Gasteiger charge is 2.23. The van der Waals surface area contributed by atoms with E-state index < -0.39 is 0 Å². The van der Waals surface area contributed by atoms with Gasteiger partial charge in [0.05, 0.1) is 17.4 Å². The van der Waals surface area contributed by atoms with Crippen molar-refractivity contribution in [1.82, 2.24) is 19.0 Å². The van der Waals surface area contributed by atoms with Gasteiger partial charge in [-0.15, -0.1) is 0 Å². The van der Waals surface area contributed by atoms with E-state index in [1.54, 1.807) is 11.6 Å². The van der Waals surface area contributed by atoms with Crippen LogP contribution in [0.5, 0.6) is 5.75 Å². The topological polar surface area (TPSA) is 52.3 Å². The number of aryl methyl sites for hydroxylation is 1. The Morgan fingerprint density at radius 3 is 2.67 bits per heavy atom. The standard InChI is InChI=1S/C24H30N4O2/c1-26-16-18(25-15-24(26)29)17-27-12-9-20(10-13-27)30-23-8-4-7-22-21(23)11-14-28(22)19-5-2-3-6-19/h4,7-8,11,14-16,19-20H,2-3,5-6,9-10,12-13,17H2,1H3. The average molecular weight is 407 g/mol. The van der Waals surface area contributed by atoms with E-state index >= 15 is 0 Å². The lowest BCUT2D eigenvalue weighted by Crippen LogP contribution is -2.38. The van der Waals surface area contributed by atoms with Crippen LogP contribution in [0, 0.1) is 0 Å². The summed E-state index contributed by atoms with van der Waals surface area (Å²) < 4.78 is 10.5. The Morgan fingerprint density at radius 2 is 1.90 bits per heavy atom. The molecule has 0 radical (unpaired) electrons. The first-order valence-electron chi connectivity index (χ1n) is 11.2. The molecule has 1 saturated carbocycles. The molecular weight excluding hydrogens is 376 g/mol. The number of piperidine rings is 1. The van der Waals surface area contributed by atoms with Crippen LogP contribution in [-0.2, 0) is 13.6 Å². The molecule has 158 valence electrons. The number of fused-ring (bicyclic) bond motifs is 1. The second-order valence-corrected chi connectivity index (χ2v) is 8.77. The summed E-state index contributed by atoms with van der Waals surface area (Å²) in [7, 11) is 1.77. The lowest BCUT2D eigenvalue weighted by atomic mass is 10.1. The fraction of sp³-hybridized carbons (Fsp3) is 0.500. The summed E-state index contributed by atoms with van der Waals surface area (Å²) in [5, 5.41) is 1.24. The lowest BCUT2D eigenvalue weighted by molar-refractivity contribution is 0.0971. The van der Waals surface area contributed by atoms with Crippen LogP contribution in [-0.4, -0.2) is 38.2 Å². The Hall–Kier alpha value is -2.60.